The number of fused-ring (bicyclic) bond motifs is 1. The van der Waals surface area contributed by atoms with E-state index < -0.39 is 6.04 Å². The minimum Gasteiger partial charge on any atom is -0.489 e. The van der Waals surface area contributed by atoms with E-state index in [0.717, 1.165) is 75.4 Å². The Balaban J connectivity index is 0.778. The number of rotatable bonds is 15. The number of hydrogen-bond acceptors (Lipinski definition) is 10. The van der Waals surface area contributed by atoms with Crippen LogP contribution in [0.5, 0.6) is 5.75 Å². The number of carbonyl (C=O) groups is 4. The molecule has 2 aromatic carbocycles. The summed E-state index contributed by atoms with van der Waals surface area (Å²) in [5.74, 6) is 0.482. The maximum atomic E-state index is 13.4. The first-order valence-electron chi connectivity index (χ1n) is 20.7. The van der Waals surface area contributed by atoms with E-state index >= 15 is 0 Å². The number of anilines is 1. The molecule has 3 aromatic rings. The van der Waals surface area contributed by atoms with Gasteiger partial charge in [-0.1, -0.05) is 57.8 Å². The summed E-state index contributed by atoms with van der Waals surface area (Å²) in [4.78, 5) is 61.5. The number of hydrogen-bond donors (Lipinski definition) is 2. The smallest absolute Gasteiger partial charge is 0.255 e. The van der Waals surface area contributed by atoms with Gasteiger partial charge in [0, 0.05) is 87.0 Å². The van der Waals surface area contributed by atoms with Crippen molar-refractivity contribution in [2.24, 2.45) is 10.8 Å². The monoisotopic (exact) mass is 823 g/mol. The lowest BCUT2D eigenvalue weighted by Crippen LogP contribution is -2.74. The van der Waals surface area contributed by atoms with Crippen LogP contribution in [0.1, 0.15) is 97.2 Å². The van der Waals surface area contributed by atoms with Crippen LogP contribution in [0.25, 0.3) is 0 Å². The Bertz CT molecular complexity index is 2090. The predicted octanol–water partition coefficient (Wildman–Crippen LogP) is 5.53. The van der Waals surface area contributed by atoms with Gasteiger partial charge in [0.25, 0.3) is 11.8 Å². The van der Waals surface area contributed by atoms with Crippen molar-refractivity contribution in [2.45, 2.75) is 91.0 Å². The van der Waals surface area contributed by atoms with Crippen molar-refractivity contribution < 1.29 is 28.7 Å². The van der Waals surface area contributed by atoms with Gasteiger partial charge in [-0.3, -0.25) is 29.4 Å². The second kappa shape index (κ2) is 17.7. The molecule has 0 unspecified atom stereocenters. The van der Waals surface area contributed by atoms with Gasteiger partial charge < -0.3 is 24.6 Å². The lowest BCUT2D eigenvalue weighted by molar-refractivity contribution is -0.164. The van der Waals surface area contributed by atoms with E-state index in [0.29, 0.717) is 53.6 Å². The topological polar surface area (TPSA) is 157 Å². The minimum absolute atomic E-state index is 0.132. The number of nitrogens with zero attached hydrogens (tertiary/aromatic N) is 5. The van der Waals surface area contributed by atoms with Crippen molar-refractivity contribution in [3.05, 3.63) is 87.6 Å². The van der Waals surface area contributed by atoms with E-state index in [1.807, 2.05) is 24.3 Å². The zero-order chi connectivity index (χ0) is 41.9. The number of carbonyl (C=O) groups excluding carboxylic acids is 4. The lowest BCUT2D eigenvalue weighted by Gasteiger charge is -2.63. The van der Waals surface area contributed by atoms with Crippen LogP contribution >= 0.6 is 11.6 Å². The molecule has 3 aliphatic heterocycles. The highest BCUT2D eigenvalue weighted by molar-refractivity contribution is 6.31. The molecule has 13 nitrogen and oxygen atoms in total. The normalized spacial score (nSPS) is 22.3. The zero-order valence-corrected chi connectivity index (χ0v) is 35.1. The number of piperidine rings is 1. The fourth-order valence-electron chi connectivity index (χ4n) is 9.59. The van der Waals surface area contributed by atoms with Crippen LogP contribution in [0.4, 0.5) is 5.82 Å². The van der Waals surface area contributed by atoms with Crippen molar-refractivity contribution >= 4 is 41.0 Å². The number of ether oxygens (including phenoxy) is 2. The van der Waals surface area contributed by atoms with E-state index in [-0.39, 0.29) is 53.0 Å². The molecule has 4 aliphatic rings. The molecule has 0 radical (unpaired) electrons. The fourth-order valence-corrected chi connectivity index (χ4v) is 9.81. The average molecular weight is 824 g/mol. The maximum absolute atomic E-state index is 13.4. The van der Waals surface area contributed by atoms with Crippen molar-refractivity contribution in [1.82, 2.24) is 25.4 Å². The molecule has 0 spiro atoms. The van der Waals surface area contributed by atoms with Crippen molar-refractivity contribution in [3.8, 4) is 11.8 Å². The first-order valence-corrected chi connectivity index (χ1v) is 21.1. The molecule has 1 aromatic heterocycles. The van der Waals surface area contributed by atoms with Gasteiger partial charge >= 0.3 is 0 Å². The zero-order valence-electron chi connectivity index (χ0n) is 34.4. The van der Waals surface area contributed by atoms with E-state index in [1.165, 1.54) is 0 Å². The van der Waals surface area contributed by atoms with Crippen LogP contribution in [0.2, 0.25) is 5.02 Å². The second-order valence-corrected chi connectivity index (χ2v) is 17.7. The summed E-state index contributed by atoms with van der Waals surface area (Å²) in [5, 5.41) is 15.2. The number of aryl methyl sites for hydroxylation is 1. The molecule has 1 atom stereocenters. The number of imide groups is 1. The van der Waals surface area contributed by atoms with Crippen LogP contribution in [0.15, 0.2) is 54.7 Å². The molecule has 312 valence electrons. The van der Waals surface area contributed by atoms with Crippen LogP contribution < -0.4 is 20.3 Å². The Morgan fingerprint density at radius 3 is 2.47 bits per heavy atom. The summed E-state index contributed by atoms with van der Waals surface area (Å²) in [5.41, 5.74) is 3.00. The molecule has 2 N–H and O–H groups in total. The third kappa shape index (κ3) is 8.95. The number of aromatic nitrogens is 1. The van der Waals surface area contributed by atoms with Crippen LogP contribution in [-0.4, -0.2) is 103 Å². The minimum atomic E-state index is -0.599. The molecule has 2 saturated heterocycles. The highest BCUT2D eigenvalue weighted by atomic mass is 35.5. The van der Waals surface area contributed by atoms with E-state index in [2.05, 4.69) is 65.2 Å². The van der Waals surface area contributed by atoms with Crippen LogP contribution in [-0.2, 0) is 27.3 Å². The molecule has 1 saturated carbocycles. The number of halogens is 1. The molecule has 7 rings (SSSR count). The molecule has 1 aliphatic carbocycles. The van der Waals surface area contributed by atoms with Gasteiger partial charge in [-0.15, -0.1) is 0 Å². The van der Waals surface area contributed by atoms with Gasteiger partial charge in [-0.2, -0.15) is 5.26 Å². The van der Waals surface area contributed by atoms with Crippen molar-refractivity contribution in [1.29, 1.82) is 5.26 Å². The predicted molar refractivity (Wildman–Crippen MR) is 223 cm³/mol. The summed E-state index contributed by atoms with van der Waals surface area (Å²) < 4.78 is 12.4. The lowest BCUT2D eigenvalue weighted by atomic mass is 9.49. The largest absolute Gasteiger partial charge is 0.489 e. The second-order valence-electron chi connectivity index (χ2n) is 17.3. The third-order valence-electron chi connectivity index (χ3n) is 12.6. The standard InChI is InChI=1S/C45H54ClN7O6/c1-44(2)42(45(3,4)43(44)59-32-14-12-30(26-47)35(46)25-32)50-39(55)31-13-16-37(48-27-31)52-20-18-51(19-21-52)22-24-58-23-7-5-6-9-29-10-8-11-33-34(29)28-53(41(33)57)36-15-17-38(54)49-40(36)56/h8,10-14,16,25,27,36,42-43H,5-7,9,15,17-24,28H2,1-4H3,(H,50,55)(H,49,54,56)/t36-,42?,43?/m1/s1. The summed E-state index contributed by atoms with van der Waals surface area (Å²) in [7, 11) is 0. The summed E-state index contributed by atoms with van der Waals surface area (Å²) in [6, 6.07) is 16.0. The summed E-state index contributed by atoms with van der Waals surface area (Å²) in [6.45, 7) is 14.5. The van der Waals surface area contributed by atoms with Gasteiger partial charge in [0.15, 0.2) is 0 Å². The van der Waals surface area contributed by atoms with Gasteiger partial charge in [-0.05, 0) is 67.1 Å². The molecule has 4 amide bonds. The number of pyridine rings is 1. The van der Waals surface area contributed by atoms with Crippen LogP contribution in [0.3, 0.4) is 0 Å². The molecule has 4 heterocycles. The molecule has 3 fully saturated rings. The van der Waals surface area contributed by atoms with E-state index in [4.69, 9.17) is 21.1 Å². The van der Waals surface area contributed by atoms with Gasteiger partial charge in [0.1, 0.15) is 29.8 Å². The number of piperazine rings is 1. The SMILES string of the molecule is CC1(C)C(NC(=O)c2ccc(N3CCN(CCOCCCCCc4cccc5c4CN([C@@H]4CCC(=O)NC4=O)C5=O)CC3)nc2)C(C)(C)C1Oc1ccc(C#N)c(Cl)c1. The number of nitriles is 1. The first kappa shape index (κ1) is 42.1. The number of nitrogens with one attached hydrogen (secondary N) is 2. The van der Waals surface area contributed by atoms with Crippen molar-refractivity contribution in [2.75, 3.05) is 50.8 Å². The first-order chi connectivity index (χ1) is 28.3. The maximum Gasteiger partial charge on any atom is 0.255 e. The number of unbranched alkanes of at least 4 members (excludes halogenated alkanes) is 2. The average Bonchev–Trinajstić information content (AvgIpc) is 3.56. The highest BCUT2D eigenvalue weighted by Gasteiger charge is 2.64. The van der Waals surface area contributed by atoms with E-state index in [9.17, 15) is 24.4 Å². The Morgan fingerprint density at radius 2 is 1.78 bits per heavy atom. The van der Waals surface area contributed by atoms with E-state index in [1.54, 1.807) is 29.3 Å². The molecule has 59 heavy (non-hydrogen) atoms. The fraction of sp³-hybridized carbons (Fsp3) is 0.511. The summed E-state index contributed by atoms with van der Waals surface area (Å²) >= 11 is 6.24. The Labute approximate surface area is 351 Å². The quantitative estimate of drug-likeness (QED) is 0.148. The number of amides is 4. The Kier molecular flexibility index (Phi) is 12.6. The molecule has 14 heteroatoms. The molecular formula is C45H54ClN7O6. The Morgan fingerprint density at radius 1 is 1.00 bits per heavy atom. The van der Waals surface area contributed by atoms with Gasteiger partial charge in [0.05, 0.1) is 22.8 Å². The molecule has 0 bridgehead atoms. The Hall–Kier alpha value is -5.03. The van der Waals surface area contributed by atoms with Crippen LogP contribution in [0, 0.1) is 22.2 Å². The van der Waals surface area contributed by atoms with Gasteiger partial charge in [0.2, 0.25) is 11.8 Å². The number of benzene rings is 2. The highest BCUT2D eigenvalue weighted by Crippen LogP contribution is 2.55. The third-order valence-corrected chi connectivity index (χ3v) is 12.9. The molecular weight excluding hydrogens is 770 g/mol. The van der Waals surface area contributed by atoms with Crippen molar-refractivity contribution in [3.63, 3.8) is 0 Å². The summed E-state index contributed by atoms with van der Waals surface area (Å²) in [6.07, 6.45) is 5.91. The van der Waals surface area contributed by atoms with Gasteiger partial charge in [-0.25, -0.2) is 4.98 Å².